The number of carbonyl (C=O) groups excluding carboxylic acids is 1. The van der Waals surface area contributed by atoms with Crippen LogP contribution in [0.4, 0.5) is 0 Å². The van der Waals surface area contributed by atoms with Crippen LogP contribution < -0.4 is 5.56 Å². The van der Waals surface area contributed by atoms with E-state index in [1.54, 1.807) is 15.9 Å². The van der Waals surface area contributed by atoms with Crippen molar-refractivity contribution in [2.45, 2.75) is 63.6 Å². The Bertz CT molecular complexity index is 1200. The molecular formula is C25H29N3O2S2. The molecule has 2 atom stereocenters. The molecule has 1 amide bonds. The topological polar surface area (TPSA) is 55.2 Å². The van der Waals surface area contributed by atoms with E-state index >= 15 is 0 Å². The Morgan fingerprint density at radius 1 is 1.19 bits per heavy atom. The van der Waals surface area contributed by atoms with E-state index < -0.39 is 0 Å². The lowest BCUT2D eigenvalue weighted by molar-refractivity contribution is -0.131. The van der Waals surface area contributed by atoms with Gasteiger partial charge in [0.2, 0.25) is 5.91 Å². The van der Waals surface area contributed by atoms with Gasteiger partial charge in [-0.15, -0.1) is 11.3 Å². The zero-order valence-corrected chi connectivity index (χ0v) is 20.3. The van der Waals surface area contributed by atoms with Crippen LogP contribution in [0.15, 0.2) is 40.3 Å². The zero-order chi connectivity index (χ0) is 22.2. The normalized spacial score (nSPS) is 21.0. The first-order valence-electron chi connectivity index (χ1n) is 11.6. The largest absolute Gasteiger partial charge is 0.339 e. The predicted octanol–water partition coefficient (Wildman–Crippen LogP) is 5.07. The van der Waals surface area contributed by atoms with Gasteiger partial charge in [-0.25, -0.2) is 4.98 Å². The number of aryl methyl sites for hydroxylation is 1. The number of piperidine rings is 1. The van der Waals surface area contributed by atoms with Gasteiger partial charge in [-0.05, 0) is 69.1 Å². The average molecular weight is 468 g/mol. The molecule has 0 saturated carbocycles. The lowest BCUT2D eigenvalue weighted by Gasteiger charge is -2.33. The van der Waals surface area contributed by atoms with Crippen LogP contribution >= 0.6 is 23.1 Å². The van der Waals surface area contributed by atoms with E-state index in [1.165, 1.54) is 28.6 Å². The Hall–Kier alpha value is -2.12. The fourth-order valence-corrected chi connectivity index (χ4v) is 7.27. The number of nitrogens with zero attached hydrogens (tertiary/aromatic N) is 3. The van der Waals surface area contributed by atoms with Gasteiger partial charge >= 0.3 is 0 Å². The molecule has 3 heterocycles. The molecule has 168 valence electrons. The Labute approximate surface area is 196 Å². The molecule has 0 unspecified atom stereocenters. The quantitative estimate of drug-likeness (QED) is 0.397. The number of likely N-dealkylation sites (tertiary alicyclic amines) is 1. The third-order valence-corrected chi connectivity index (χ3v) is 8.83. The van der Waals surface area contributed by atoms with E-state index in [0.717, 1.165) is 54.6 Å². The van der Waals surface area contributed by atoms with Crippen molar-refractivity contribution in [3.05, 3.63) is 51.1 Å². The Balaban J connectivity index is 1.55. The van der Waals surface area contributed by atoms with Crippen LogP contribution in [0.25, 0.3) is 15.9 Å². The SMILES string of the molecule is C[C@H]1CCc2c(sc3nc(SCC(=O)N4CCCC[C@@H]4C)n(-c4ccccc4)c(=O)c23)C1. The minimum absolute atomic E-state index is 0.00505. The maximum Gasteiger partial charge on any atom is 0.267 e. The van der Waals surface area contributed by atoms with Gasteiger partial charge in [0.05, 0.1) is 16.8 Å². The maximum absolute atomic E-state index is 13.8. The molecule has 3 aromatic rings. The molecule has 1 aliphatic carbocycles. The second kappa shape index (κ2) is 9.02. The first kappa shape index (κ1) is 21.7. The second-order valence-electron chi connectivity index (χ2n) is 9.12. The molecule has 32 heavy (non-hydrogen) atoms. The molecule has 2 aromatic heterocycles. The molecule has 0 spiro atoms. The Morgan fingerprint density at radius 3 is 2.78 bits per heavy atom. The molecule has 1 aromatic carbocycles. The van der Waals surface area contributed by atoms with Crippen molar-refractivity contribution in [1.82, 2.24) is 14.5 Å². The highest BCUT2D eigenvalue weighted by Crippen LogP contribution is 2.37. The first-order valence-corrected chi connectivity index (χ1v) is 13.4. The highest BCUT2D eigenvalue weighted by atomic mass is 32.2. The number of amides is 1. The minimum Gasteiger partial charge on any atom is -0.339 e. The maximum atomic E-state index is 13.8. The van der Waals surface area contributed by atoms with E-state index in [0.29, 0.717) is 16.8 Å². The number of benzene rings is 1. The third-order valence-electron chi connectivity index (χ3n) is 6.76. The number of hydrogen-bond acceptors (Lipinski definition) is 5. The second-order valence-corrected chi connectivity index (χ2v) is 11.1. The standard InChI is InChI=1S/C25H29N3O2S2/c1-16-11-12-19-20(14-16)32-23-22(19)24(30)28(18-9-4-3-5-10-18)25(26-23)31-15-21(29)27-13-7-6-8-17(27)2/h3-5,9-10,16-17H,6-8,11-15H2,1-2H3/t16-,17-/m0/s1. The Kier molecular flexibility index (Phi) is 6.12. The van der Waals surface area contributed by atoms with Gasteiger partial charge in [-0.2, -0.15) is 0 Å². The van der Waals surface area contributed by atoms with Crippen molar-refractivity contribution in [1.29, 1.82) is 0 Å². The van der Waals surface area contributed by atoms with Crippen LogP contribution in [0.2, 0.25) is 0 Å². The van der Waals surface area contributed by atoms with Gasteiger partial charge in [0.15, 0.2) is 5.16 Å². The first-order chi connectivity index (χ1) is 15.5. The minimum atomic E-state index is -0.00505. The van der Waals surface area contributed by atoms with Crippen molar-refractivity contribution >= 4 is 39.2 Å². The van der Waals surface area contributed by atoms with Crippen molar-refractivity contribution in [3.8, 4) is 5.69 Å². The molecule has 1 fully saturated rings. The summed E-state index contributed by atoms with van der Waals surface area (Å²) in [6, 6.07) is 9.98. The Morgan fingerprint density at radius 2 is 2.00 bits per heavy atom. The molecule has 7 heteroatoms. The summed E-state index contributed by atoms with van der Waals surface area (Å²) in [5, 5.41) is 1.39. The monoisotopic (exact) mass is 467 g/mol. The highest BCUT2D eigenvalue weighted by Gasteiger charge is 2.27. The number of rotatable bonds is 4. The summed E-state index contributed by atoms with van der Waals surface area (Å²) in [7, 11) is 0. The summed E-state index contributed by atoms with van der Waals surface area (Å²) in [5.41, 5.74) is 1.99. The average Bonchev–Trinajstić information content (AvgIpc) is 3.16. The number of thiophene rings is 1. The summed E-state index contributed by atoms with van der Waals surface area (Å²) < 4.78 is 1.71. The molecule has 1 saturated heterocycles. The summed E-state index contributed by atoms with van der Waals surface area (Å²) in [6.07, 6.45) is 6.40. The van der Waals surface area contributed by atoms with Gasteiger partial charge < -0.3 is 4.90 Å². The summed E-state index contributed by atoms with van der Waals surface area (Å²) in [6.45, 7) is 5.23. The van der Waals surface area contributed by atoms with Crippen LogP contribution in [0.1, 0.15) is 50.0 Å². The molecule has 1 aliphatic heterocycles. The van der Waals surface area contributed by atoms with Gasteiger partial charge in [0.1, 0.15) is 4.83 Å². The van der Waals surface area contributed by atoms with Crippen molar-refractivity contribution in [3.63, 3.8) is 0 Å². The van der Waals surface area contributed by atoms with Crippen molar-refractivity contribution in [2.24, 2.45) is 5.92 Å². The van der Waals surface area contributed by atoms with Gasteiger partial charge in [0, 0.05) is 17.5 Å². The molecule has 0 bridgehead atoms. The van der Waals surface area contributed by atoms with E-state index in [4.69, 9.17) is 4.98 Å². The number of hydrogen-bond donors (Lipinski definition) is 0. The van der Waals surface area contributed by atoms with E-state index in [1.807, 2.05) is 35.2 Å². The number of fused-ring (bicyclic) bond motifs is 3. The van der Waals surface area contributed by atoms with Crippen molar-refractivity contribution in [2.75, 3.05) is 12.3 Å². The fourth-order valence-electron chi connectivity index (χ4n) is 4.95. The van der Waals surface area contributed by atoms with Crippen LogP contribution in [-0.2, 0) is 17.6 Å². The van der Waals surface area contributed by atoms with Crippen LogP contribution in [-0.4, -0.2) is 38.7 Å². The summed E-state index contributed by atoms with van der Waals surface area (Å²) in [5.74, 6) is 1.08. The van der Waals surface area contributed by atoms with Crippen LogP contribution in [0.3, 0.4) is 0 Å². The van der Waals surface area contributed by atoms with E-state index in [9.17, 15) is 9.59 Å². The van der Waals surface area contributed by atoms with E-state index in [2.05, 4.69) is 13.8 Å². The number of aromatic nitrogens is 2. The van der Waals surface area contributed by atoms with Crippen LogP contribution in [0.5, 0.6) is 0 Å². The molecule has 2 aliphatic rings. The lowest BCUT2D eigenvalue weighted by atomic mass is 9.89. The van der Waals surface area contributed by atoms with Crippen molar-refractivity contribution < 1.29 is 4.79 Å². The lowest BCUT2D eigenvalue weighted by Crippen LogP contribution is -2.43. The van der Waals surface area contributed by atoms with Gasteiger partial charge in [-0.3, -0.25) is 14.2 Å². The van der Waals surface area contributed by atoms with Gasteiger partial charge in [-0.1, -0.05) is 36.9 Å². The summed E-state index contributed by atoms with van der Waals surface area (Å²) >= 11 is 3.05. The molecule has 5 nitrogen and oxygen atoms in total. The smallest absolute Gasteiger partial charge is 0.267 e. The summed E-state index contributed by atoms with van der Waals surface area (Å²) in [4.78, 5) is 35.8. The number of carbonyl (C=O) groups is 1. The third kappa shape index (κ3) is 4.01. The molecule has 0 N–H and O–H groups in total. The molecule has 0 radical (unpaired) electrons. The number of para-hydroxylation sites is 1. The fraction of sp³-hybridized carbons (Fsp3) is 0.480. The van der Waals surface area contributed by atoms with Gasteiger partial charge in [0.25, 0.3) is 5.56 Å². The predicted molar refractivity (Wildman–Crippen MR) is 132 cm³/mol. The number of thioether (sulfide) groups is 1. The highest BCUT2D eigenvalue weighted by molar-refractivity contribution is 7.99. The zero-order valence-electron chi connectivity index (χ0n) is 18.7. The molecular weight excluding hydrogens is 438 g/mol. The van der Waals surface area contributed by atoms with E-state index in [-0.39, 0.29) is 17.5 Å². The molecule has 5 rings (SSSR count). The van der Waals surface area contributed by atoms with Crippen LogP contribution in [0, 0.1) is 5.92 Å².